The lowest BCUT2D eigenvalue weighted by Gasteiger charge is -2.49. The van der Waals surface area contributed by atoms with Gasteiger partial charge in [-0.2, -0.15) is 0 Å². The number of ether oxygens (including phenoxy) is 7. The number of halogens is 2. The smallest absolute Gasteiger partial charge is 0.303 e. The van der Waals surface area contributed by atoms with Gasteiger partial charge in [0.05, 0.1) is 31.8 Å². The molecule has 334 valence electrons. The lowest BCUT2D eigenvalue weighted by atomic mass is 9.78. The fourth-order valence-electron chi connectivity index (χ4n) is 8.80. The van der Waals surface area contributed by atoms with Crippen LogP contribution < -0.4 is 9.64 Å². The summed E-state index contributed by atoms with van der Waals surface area (Å²) in [6.45, 7) is 2.08. The standard InChI is InChI=1S/C53H49F2NO9/c1-34(57)62-45(37-17-21-40(54)22-18-37)30-29-44-47(56(51(44)58)42-25-23-41(55)24-26-42)38-19-27-43(28-20-38)63-53-50(60-32-36-13-7-3-8-14-36)49(59-31-35-11-5-2-6-12-35)48-46(64-53)33-61-52(65-48)39-15-9-4-10-16-39/h2-28,44-50,52-53H,29-33H2,1H3/t44-,45+,46-,47-,48-,49+,50-,52?,53-/m1/s1. The lowest BCUT2D eigenvalue weighted by Crippen LogP contribution is -2.64. The summed E-state index contributed by atoms with van der Waals surface area (Å²) in [6.07, 6.45) is -4.15. The van der Waals surface area contributed by atoms with Crippen molar-refractivity contribution >= 4 is 17.6 Å². The van der Waals surface area contributed by atoms with E-state index in [0.717, 1.165) is 22.3 Å². The van der Waals surface area contributed by atoms with Crippen molar-refractivity contribution in [1.29, 1.82) is 0 Å². The molecule has 12 heteroatoms. The second kappa shape index (κ2) is 20.3. The molecule has 1 unspecified atom stereocenters. The van der Waals surface area contributed by atoms with Gasteiger partial charge in [0.25, 0.3) is 0 Å². The highest BCUT2D eigenvalue weighted by Crippen LogP contribution is 2.47. The van der Waals surface area contributed by atoms with Gasteiger partial charge < -0.3 is 38.1 Å². The van der Waals surface area contributed by atoms with Crippen LogP contribution in [-0.4, -0.2) is 49.2 Å². The summed E-state index contributed by atoms with van der Waals surface area (Å²) in [5.41, 5.74) is 4.80. The summed E-state index contributed by atoms with van der Waals surface area (Å²) in [5.74, 6) is -1.50. The van der Waals surface area contributed by atoms with Gasteiger partial charge in [-0.25, -0.2) is 8.78 Å². The van der Waals surface area contributed by atoms with Crippen LogP contribution in [0.3, 0.4) is 0 Å². The topological polar surface area (TPSA) is 102 Å². The van der Waals surface area contributed by atoms with Crippen molar-refractivity contribution in [1.82, 2.24) is 0 Å². The predicted octanol–water partition coefficient (Wildman–Crippen LogP) is 10.1. The van der Waals surface area contributed by atoms with E-state index in [4.69, 9.17) is 33.2 Å². The van der Waals surface area contributed by atoms with E-state index in [9.17, 15) is 18.4 Å². The zero-order chi connectivity index (χ0) is 44.7. The van der Waals surface area contributed by atoms with Crippen molar-refractivity contribution in [2.75, 3.05) is 11.5 Å². The first kappa shape index (κ1) is 43.9. The quantitative estimate of drug-likeness (QED) is 0.0695. The van der Waals surface area contributed by atoms with Crippen LogP contribution in [0, 0.1) is 17.6 Å². The van der Waals surface area contributed by atoms with Crippen LogP contribution in [0.4, 0.5) is 14.5 Å². The number of nitrogens with zero attached hydrogens (tertiary/aromatic N) is 1. The first-order chi connectivity index (χ1) is 31.8. The Morgan fingerprint density at radius 1 is 0.692 bits per heavy atom. The summed E-state index contributed by atoms with van der Waals surface area (Å²) in [4.78, 5) is 27.7. The Bertz CT molecular complexity index is 2480. The first-order valence-electron chi connectivity index (χ1n) is 21.8. The molecule has 3 aliphatic rings. The van der Waals surface area contributed by atoms with Gasteiger partial charge in [0, 0.05) is 18.2 Å². The van der Waals surface area contributed by atoms with Crippen LogP contribution in [0.2, 0.25) is 0 Å². The molecule has 65 heavy (non-hydrogen) atoms. The molecule has 6 aromatic carbocycles. The number of β-lactam (4-membered cyclic amide) rings is 1. The van der Waals surface area contributed by atoms with E-state index < -0.39 is 72.7 Å². The van der Waals surface area contributed by atoms with E-state index >= 15 is 0 Å². The fraction of sp³-hybridized carbons (Fsp3) is 0.283. The number of amides is 1. The molecule has 3 heterocycles. The first-order valence-corrected chi connectivity index (χ1v) is 21.8. The molecule has 0 aromatic heterocycles. The highest BCUT2D eigenvalue weighted by molar-refractivity contribution is 6.03. The molecule has 3 aliphatic heterocycles. The van der Waals surface area contributed by atoms with Gasteiger partial charge >= 0.3 is 5.97 Å². The maximum atomic E-state index is 14.1. The van der Waals surface area contributed by atoms with Crippen molar-refractivity contribution in [3.05, 3.63) is 203 Å². The molecule has 0 radical (unpaired) electrons. The number of hydrogen-bond acceptors (Lipinski definition) is 9. The number of carbonyl (C=O) groups excluding carboxylic acids is 2. The van der Waals surface area contributed by atoms with E-state index in [-0.39, 0.29) is 19.1 Å². The number of benzene rings is 6. The third-order valence-electron chi connectivity index (χ3n) is 12.0. The van der Waals surface area contributed by atoms with Crippen LogP contribution in [0.5, 0.6) is 5.75 Å². The van der Waals surface area contributed by atoms with Crippen LogP contribution >= 0.6 is 0 Å². The third-order valence-corrected chi connectivity index (χ3v) is 12.0. The molecule has 10 nitrogen and oxygen atoms in total. The Morgan fingerprint density at radius 2 is 1.28 bits per heavy atom. The van der Waals surface area contributed by atoms with Crippen LogP contribution in [0.15, 0.2) is 164 Å². The van der Waals surface area contributed by atoms with Gasteiger partial charge in [-0.05, 0) is 83.6 Å². The molecule has 1 amide bonds. The van der Waals surface area contributed by atoms with Crippen molar-refractivity contribution in [2.45, 2.75) is 82.1 Å². The van der Waals surface area contributed by atoms with E-state index in [0.29, 0.717) is 36.4 Å². The van der Waals surface area contributed by atoms with E-state index in [1.807, 2.05) is 115 Å². The van der Waals surface area contributed by atoms with Crippen LogP contribution in [0.25, 0.3) is 0 Å². The Balaban J connectivity index is 0.985. The molecule has 0 aliphatic carbocycles. The Morgan fingerprint density at radius 3 is 1.89 bits per heavy atom. The number of anilines is 1. The van der Waals surface area contributed by atoms with Crippen LogP contribution in [0.1, 0.15) is 66.0 Å². The van der Waals surface area contributed by atoms with E-state index in [1.165, 1.54) is 31.2 Å². The van der Waals surface area contributed by atoms with Crippen molar-refractivity contribution in [2.24, 2.45) is 5.92 Å². The van der Waals surface area contributed by atoms with Crippen LogP contribution in [-0.2, 0) is 51.2 Å². The molecular weight excluding hydrogens is 833 g/mol. The van der Waals surface area contributed by atoms with Gasteiger partial charge in [-0.3, -0.25) is 9.59 Å². The van der Waals surface area contributed by atoms with Crippen molar-refractivity contribution < 1.29 is 51.5 Å². The Hall–Kier alpha value is -6.28. The molecule has 3 saturated heterocycles. The predicted molar refractivity (Wildman–Crippen MR) is 236 cm³/mol. The zero-order valence-corrected chi connectivity index (χ0v) is 35.7. The summed E-state index contributed by atoms with van der Waals surface area (Å²) >= 11 is 0. The maximum Gasteiger partial charge on any atom is 0.303 e. The summed E-state index contributed by atoms with van der Waals surface area (Å²) in [7, 11) is 0. The van der Waals surface area contributed by atoms with E-state index in [2.05, 4.69) is 0 Å². The Labute approximate surface area is 376 Å². The average molecular weight is 882 g/mol. The SMILES string of the molecule is CC(=O)O[C@@H](CC[C@H]1C(=O)N(c2ccc(F)cc2)[C@@H]1c1ccc(O[C@@H]2O[C@@H]3COC(c4ccccc4)O[C@H]3[C@H](OCc3ccccc3)[C@H]2OCc2ccccc2)cc1)c1ccc(F)cc1. The molecule has 0 saturated carbocycles. The number of hydrogen-bond donors (Lipinski definition) is 0. The third kappa shape index (κ3) is 10.3. The summed E-state index contributed by atoms with van der Waals surface area (Å²) < 4.78 is 73.3. The minimum Gasteiger partial charge on any atom is -0.462 e. The van der Waals surface area contributed by atoms with Gasteiger partial charge in [0.2, 0.25) is 12.2 Å². The normalized spacial score (nSPS) is 24.4. The van der Waals surface area contributed by atoms with E-state index in [1.54, 1.807) is 29.2 Å². The maximum absolute atomic E-state index is 14.1. The second-order valence-electron chi connectivity index (χ2n) is 16.4. The highest BCUT2D eigenvalue weighted by atomic mass is 19.1. The van der Waals surface area contributed by atoms with Gasteiger partial charge in [-0.1, -0.05) is 115 Å². The highest BCUT2D eigenvalue weighted by Gasteiger charge is 2.53. The minimum atomic E-state index is -0.953. The Kier molecular flexibility index (Phi) is 13.7. The molecule has 0 bridgehead atoms. The second-order valence-corrected chi connectivity index (χ2v) is 16.4. The largest absolute Gasteiger partial charge is 0.462 e. The number of carbonyl (C=O) groups is 2. The van der Waals surface area contributed by atoms with Crippen molar-refractivity contribution in [3.63, 3.8) is 0 Å². The lowest BCUT2D eigenvalue weighted by molar-refractivity contribution is -0.361. The summed E-state index contributed by atoms with van der Waals surface area (Å²) in [6, 6.07) is 48.1. The molecule has 9 atom stereocenters. The van der Waals surface area contributed by atoms with Gasteiger partial charge in [-0.15, -0.1) is 0 Å². The molecule has 0 spiro atoms. The van der Waals surface area contributed by atoms with Crippen molar-refractivity contribution in [3.8, 4) is 5.75 Å². The van der Waals surface area contributed by atoms with Gasteiger partial charge in [0.1, 0.15) is 47.9 Å². The molecule has 0 N–H and O–H groups in total. The molecule has 6 aromatic rings. The molecule has 9 rings (SSSR count). The summed E-state index contributed by atoms with van der Waals surface area (Å²) in [5, 5.41) is 0. The zero-order valence-electron chi connectivity index (χ0n) is 35.7. The molecule has 3 fully saturated rings. The average Bonchev–Trinajstić information content (AvgIpc) is 3.33. The monoisotopic (exact) mass is 881 g/mol. The number of rotatable bonds is 16. The number of esters is 1. The number of fused-ring (bicyclic) bond motifs is 1. The van der Waals surface area contributed by atoms with Gasteiger partial charge in [0.15, 0.2) is 6.29 Å². The minimum absolute atomic E-state index is 0.154. The molecular formula is C53H49F2NO9. The fourth-order valence-corrected chi connectivity index (χ4v) is 8.80.